The fourth-order valence-corrected chi connectivity index (χ4v) is 2.08. The van der Waals surface area contributed by atoms with Gasteiger partial charge in [0.2, 0.25) is 0 Å². The third kappa shape index (κ3) is 4.27. The molecule has 0 aliphatic rings. The molecule has 1 aromatic carbocycles. The van der Waals surface area contributed by atoms with Crippen molar-refractivity contribution in [2.45, 2.75) is 26.3 Å². The molecule has 2 N–H and O–H groups in total. The van der Waals surface area contributed by atoms with Crippen LogP contribution in [0.3, 0.4) is 0 Å². The van der Waals surface area contributed by atoms with Crippen molar-refractivity contribution in [3.05, 3.63) is 24.3 Å². The quantitative estimate of drug-likeness (QED) is 0.824. The number of anilines is 1. The van der Waals surface area contributed by atoms with Crippen molar-refractivity contribution >= 4 is 5.69 Å². The molecule has 1 unspecified atom stereocenters. The molecule has 1 atom stereocenters. The number of methoxy groups -OCH3 is 1. The van der Waals surface area contributed by atoms with Gasteiger partial charge in [0.1, 0.15) is 5.75 Å². The molecule has 0 radical (unpaired) electrons. The van der Waals surface area contributed by atoms with Crippen LogP contribution in [0.5, 0.6) is 5.75 Å². The molecular formula is C14H24N2O. The Bertz CT molecular complexity index is 339. The molecule has 0 amide bonds. The summed E-state index contributed by atoms with van der Waals surface area (Å²) < 4.78 is 5.35. The van der Waals surface area contributed by atoms with Crippen molar-refractivity contribution in [3.63, 3.8) is 0 Å². The second-order valence-electron chi connectivity index (χ2n) is 4.94. The molecule has 3 heteroatoms. The zero-order chi connectivity index (χ0) is 12.8. The van der Waals surface area contributed by atoms with E-state index in [4.69, 9.17) is 10.5 Å². The Labute approximate surface area is 105 Å². The largest absolute Gasteiger partial charge is 0.495 e. The van der Waals surface area contributed by atoms with Crippen LogP contribution < -0.4 is 15.4 Å². The number of likely N-dealkylation sites (N-methyl/N-ethyl adjacent to an activating group) is 1. The lowest BCUT2D eigenvalue weighted by molar-refractivity contribution is 0.413. The molecule has 0 spiro atoms. The second-order valence-corrected chi connectivity index (χ2v) is 4.94. The maximum atomic E-state index is 6.12. The number of hydrogen-bond donors (Lipinski definition) is 1. The first-order chi connectivity index (χ1) is 8.04. The van der Waals surface area contributed by atoms with Crippen molar-refractivity contribution in [1.29, 1.82) is 0 Å². The highest BCUT2D eigenvalue weighted by atomic mass is 16.5. The summed E-state index contributed by atoms with van der Waals surface area (Å²) in [5.41, 5.74) is 7.21. The van der Waals surface area contributed by atoms with Crippen LogP contribution in [0.4, 0.5) is 5.69 Å². The Morgan fingerprint density at radius 2 is 1.94 bits per heavy atom. The maximum Gasteiger partial charge on any atom is 0.142 e. The number of para-hydroxylation sites is 2. The summed E-state index contributed by atoms with van der Waals surface area (Å²) in [5.74, 6) is 1.53. The van der Waals surface area contributed by atoms with E-state index in [1.807, 2.05) is 18.2 Å². The van der Waals surface area contributed by atoms with Gasteiger partial charge in [-0.05, 0) is 24.5 Å². The van der Waals surface area contributed by atoms with Gasteiger partial charge < -0.3 is 15.4 Å². The normalized spacial score (nSPS) is 12.6. The molecule has 17 heavy (non-hydrogen) atoms. The van der Waals surface area contributed by atoms with Gasteiger partial charge in [-0.1, -0.05) is 26.0 Å². The van der Waals surface area contributed by atoms with Gasteiger partial charge in [0, 0.05) is 19.6 Å². The Balaban J connectivity index is 2.65. The fourth-order valence-electron chi connectivity index (χ4n) is 2.08. The van der Waals surface area contributed by atoms with Crippen molar-refractivity contribution in [3.8, 4) is 5.75 Å². The van der Waals surface area contributed by atoms with E-state index in [0.717, 1.165) is 24.4 Å². The molecule has 0 fully saturated rings. The van der Waals surface area contributed by atoms with Gasteiger partial charge in [-0.3, -0.25) is 0 Å². The number of hydrogen-bond acceptors (Lipinski definition) is 3. The standard InChI is InChI=1S/C14H24N2O/c1-11(2)9-12(15)10-16(3)13-7-5-6-8-14(13)17-4/h5-8,11-12H,9-10,15H2,1-4H3. The zero-order valence-corrected chi connectivity index (χ0v) is 11.3. The summed E-state index contributed by atoms with van der Waals surface area (Å²) in [5, 5.41) is 0. The Kier molecular flexibility index (Phi) is 5.29. The van der Waals surface area contributed by atoms with Crippen LogP contribution >= 0.6 is 0 Å². The first-order valence-corrected chi connectivity index (χ1v) is 6.14. The molecule has 96 valence electrons. The lowest BCUT2D eigenvalue weighted by Gasteiger charge is -2.25. The summed E-state index contributed by atoms with van der Waals surface area (Å²) >= 11 is 0. The van der Waals surface area contributed by atoms with Crippen LogP contribution in [0.15, 0.2) is 24.3 Å². The lowest BCUT2D eigenvalue weighted by Crippen LogP contribution is -2.36. The minimum Gasteiger partial charge on any atom is -0.495 e. The molecule has 0 saturated heterocycles. The van der Waals surface area contributed by atoms with Crippen LogP contribution in [-0.4, -0.2) is 26.7 Å². The van der Waals surface area contributed by atoms with Gasteiger partial charge in [-0.25, -0.2) is 0 Å². The maximum absolute atomic E-state index is 6.12. The summed E-state index contributed by atoms with van der Waals surface area (Å²) in [6, 6.07) is 8.22. The SMILES string of the molecule is COc1ccccc1N(C)CC(N)CC(C)C. The van der Waals surface area contributed by atoms with Gasteiger partial charge in [0.25, 0.3) is 0 Å². The second kappa shape index (κ2) is 6.50. The first-order valence-electron chi connectivity index (χ1n) is 6.14. The van der Waals surface area contributed by atoms with Crippen LogP contribution in [0.1, 0.15) is 20.3 Å². The van der Waals surface area contributed by atoms with Gasteiger partial charge in [-0.2, -0.15) is 0 Å². The Morgan fingerprint density at radius 3 is 2.53 bits per heavy atom. The molecule has 1 aromatic rings. The molecule has 1 rings (SSSR count). The van der Waals surface area contributed by atoms with E-state index in [9.17, 15) is 0 Å². The molecule has 0 aliphatic carbocycles. The van der Waals surface area contributed by atoms with Crippen LogP contribution in [0, 0.1) is 5.92 Å². The summed E-state index contributed by atoms with van der Waals surface area (Å²) in [4.78, 5) is 2.16. The number of ether oxygens (including phenoxy) is 1. The summed E-state index contributed by atoms with van der Waals surface area (Å²) in [6.07, 6.45) is 1.04. The number of rotatable bonds is 6. The third-order valence-corrected chi connectivity index (χ3v) is 2.78. The van der Waals surface area contributed by atoms with E-state index < -0.39 is 0 Å². The van der Waals surface area contributed by atoms with E-state index in [2.05, 4.69) is 31.9 Å². The summed E-state index contributed by atoms with van der Waals surface area (Å²) in [6.45, 7) is 5.24. The molecular weight excluding hydrogens is 212 g/mol. The highest BCUT2D eigenvalue weighted by Gasteiger charge is 2.12. The third-order valence-electron chi connectivity index (χ3n) is 2.78. The lowest BCUT2D eigenvalue weighted by atomic mass is 10.0. The van der Waals surface area contributed by atoms with E-state index >= 15 is 0 Å². The van der Waals surface area contributed by atoms with E-state index in [0.29, 0.717) is 5.92 Å². The predicted molar refractivity (Wildman–Crippen MR) is 73.7 cm³/mol. The highest BCUT2D eigenvalue weighted by Crippen LogP contribution is 2.26. The first kappa shape index (κ1) is 13.8. The molecule has 0 aromatic heterocycles. The van der Waals surface area contributed by atoms with Crippen molar-refractivity contribution in [1.82, 2.24) is 0 Å². The molecule has 0 aliphatic heterocycles. The van der Waals surface area contributed by atoms with Gasteiger partial charge in [-0.15, -0.1) is 0 Å². The van der Waals surface area contributed by atoms with Crippen LogP contribution in [-0.2, 0) is 0 Å². The smallest absolute Gasteiger partial charge is 0.142 e. The van der Waals surface area contributed by atoms with E-state index in [-0.39, 0.29) is 6.04 Å². The average Bonchev–Trinajstić information content (AvgIpc) is 2.27. The number of benzene rings is 1. The van der Waals surface area contributed by atoms with Gasteiger partial charge in [0.15, 0.2) is 0 Å². The minimum atomic E-state index is 0.199. The molecule has 3 nitrogen and oxygen atoms in total. The summed E-state index contributed by atoms with van der Waals surface area (Å²) in [7, 11) is 3.75. The van der Waals surface area contributed by atoms with Gasteiger partial charge in [0.05, 0.1) is 12.8 Å². The highest BCUT2D eigenvalue weighted by molar-refractivity contribution is 5.57. The topological polar surface area (TPSA) is 38.5 Å². The van der Waals surface area contributed by atoms with Gasteiger partial charge >= 0.3 is 0 Å². The molecule has 0 heterocycles. The predicted octanol–water partition coefficient (Wildman–Crippen LogP) is 2.50. The van der Waals surface area contributed by atoms with E-state index in [1.54, 1.807) is 7.11 Å². The zero-order valence-electron chi connectivity index (χ0n) is 11.3. The monoisotopic (exact) mass is 236 g/mol. The molecule has 0 bridgehead atoms. The van der Waals surface area contributed by atoms with Crippen molar-refractivity contribution < 1.29 is 4.74 Å². The average molecular weight is 236 g/mol. The molecule has 0 saturated carbocycles. The number of nitrogens with two attached hydrogens (primary N) is 1. The van der Waals surface area contributed by atoms with Crippen LogP contribution in [0.2, 0.25) is 0 Å². The van der Waals surface area contributed by atoms with Crippen molar-refractivity contribution in [2.24, 2.45) is 11.7 Å². The number of nitrogens with zero attached hydrogens (tertiary/aromatic N) is 1. The Hall–Kier alpha value is -1.22. The van der Waals surface area contributed by atoms with E-state index in [1.165, 1.54) is 0 Å². The fraction of sp³-hybridized carbons (Fsp3) is 0.571. The van der Waals surface area contributed by atoms with Crippen LogP contribution in [0.25, 0.3) is 0 Å². The van der Waals surface area contributed by atoms with Crippen molar-refractivity contribution in [2.75, 3.05) is 25.6 Å². The Morgan fingerprint density at radius 1 is 1.29 bits per heavy atom. The minimum absolute atomic E-state index is 0.199.